The molecule has 0 radical (unpaired) electrons. The zero-order valence-corrected chi connectivity index (χ0v) is 8.66. The Morgan fingerprint density at radius 1 is 1.20 bits per heavy atom. The largest absolute Gasteiger partial charge is 0.486 e. The van der Waals surface area contributed by atoms with Crippen LogP contribution >= 0.6 is 0 Å². The second-order valence-corrected chi connectivity index (χ2v) is 3.43. The van der Waals surface area contributed by atoms with Gasteiger partial charge >= 0.3 is 0 Å². The number of nitrogens with two attached hydrogens (primary N) is 1. The highest BCUT2D eigenvalue weighted by Gasteiger charge is 2.11. The summed E-state index contributed by atoms with van der Waals surface area (Å²) in [5.41, 5.74) is 6.47. The van der Waals surface area contributed by atoms with Gasteiger partial charge in [-0.3, -0.25) is 0 Å². The topological polar surface area (TPSA) is 56.5 Å². The summed E-state index contributed by atoms with van der Waals surface area (Å²) >= 11 is 0. The van der Waals surface area contributed by atoms with E-state index in [9.17, 15) is 0 Å². The lowest BCUT2D eigenvalue weighted by Crippen LogP contribution is -2.15. The van der Waals surface area contributed by atoms with E-state index in [-0.39, 0.29) is 0 Å². The number of rotatable bonds is 4. The van der Waals surface area contributed by atoms with Crippen molar-refractivity contribution in [2.45, 2.75) is 6.42 Å². The SMILES string of the molecule is NCCCNc1ccc2c(c1)OCCO2. The second kappa shape index (κ2) is 4.89. The Kier molecular flexibility index (Phi) is 3.29. The fourth-order valence-corrected chi connectivity index (χ4v) is 1.49. The highest BCUT2D eigenvalue weighted by atomic mass is 16.6. The van der Waals surface area contributed by atoms with Crippen LogP contribution < -0.4 is 20.5 Å². The first-order valence-electron chi connectivity index (χ1n) is 5.24. The van der Waals surface area contributed by atoms with Crippen molar-refractivity contribution < 1.29 is 9.47 Å². The van der Waals surface area contributed by atoms with Gasteiger partial charge in [0, 0.05) is 18.3 Å². The lowest BCUT2D eigenvalue weighted by molar-refractivity contribution is 0.171. The van der Waals surface area contributed by atoms with Gasteiger partial charge < -0.3 is 20.5 Å². The van der Waals surface area contributed by atoms with Crippen LogP contribution in [0.2, 0.25) is 0 Å². The number of anilines is 1. The smallest absolute Gasteiger partial charge is 0.163 e. The molecule has 1 aromatic rings. The summed E-state index contributed by atoms with van der Waals surface area (Å²) in [5, 5.41) is 3.28. The molecular formula is C11H16N2O2. The van der Waals surface area contributed by atoms with E-state index in [1.54, 1.807) is 0 Å². The van der Waals surface area contributed by atoms with Crippen molar-refractivity contribution in [3.05, 3.63) is 18.2 Å². The third-order valence-corrected chi connectivity index (χ3v) is 2.25. The van der Waals surface area contributed by atoms with E-state index >= 15 is 0 Å². The Morgan fingerprint density at radius 2 is 2.00 bits per heavy atom. The van der Waals surface area contributed by atoms with Crippen molar-refractivity contribution >= 4 is 5.69 Å². The van der Waals surface area contributed by atoms with E-state index in [0.29, 0.717) is 19.8 Å². The minimum atomic E-state index is 0.624. The molecular weight excluding hydrogens is 192 g/mol. The zero-order chi connectivity index (χ0) is 10.5. The summed E-state index contributed by atoms with van der Waals surface area (Å²) in [6.07, 6.45) is 0.967. The van der Waals surface area contributed by atoms with Gasteiger partial charge in [0.25, 0.3) is 0 Å². The maximum atomic E-state index is 5.48. The van der Waals surface area contributed by atoms with Crippen molar-refractivity contribution in [2.24, 2.45) is 5.73 Å². The predicted octanol–water partition coefficient (Wildman–Crippen LogP) is 1.22. The maximum absolute atomic E-state index is 5.48. The van der Waals surface area contributed by atoms with Gasteiger partial charge in [-0.05, 0) is 25.1 Å². The van der Waals surface area contributed by atoms with E-state index in [0.717, 1.165) is 30.2 Å². The number of benzene rings is 1. The van der Waals surface area contributed by atoms with Gasteiger partial charge in [0.2, 0.25) is 0 Å². The Bertz CT molecular complexity index is 328. The van der Waals surface area contributed by atoms with Crippen molar-refractivity contribution in [2.75, 3.05) is 31.6 Å². The molecule has 0 saturated carbocycles. The summed E-state index contributed by atoms with van der Waals surface area (Å²) < 4.78 is 10.9. The maximum Gasteiger partial charge on any atom is 0.163 e. The molecule has 0 spiro atoms. The average molecular weight is 208 g/mol. The molecule has 0 aromatic heterocycles. The van der Waals surface area contributed by atoms with E-state index in [2.05, 4.69) is 5.32 Å². The third-order valence-electron chi connectivity index (χ3n) is 2.25. The van der Waals surface area contributed by atoms with E-state index < -0.39 is 0 Å². The minimum Gasteiger partial charge on any atom is -0.486 e. The molecule has 0 amide bonds. The molecule has 0 bridgehead atoms. The van der Waals surface area contributed by atoms with Crippen molar-refractivity contribution in [3.8, 4) is 11.5 Å². The van der Waals surface area contributed by atoms with Crippen LogP contribution in [-0.2, 0) is 0 Å². The first-order chi connectivity index (χ1) is 7.40. The highest BCUT2D eigenvalue weighted by molar-refractivity contribution is 5.55. The molecule has 0 fully saturated rings. The summed E-state index contributed by atoms with van der Waals surface area (Å²) in [6, 6.07) is 5.88. The first-order valence-corrected chi connectivity index (χ1v) is 5.24. The van der Waals surface area contributed by atoms with E-state index in [4.69, 9.17) is 15.2 Å². The Labute approximate surface area is 89.4 Å². The molecule has 0 atom stereocenters. The van der Waals surface area contributed by atoms with Gasteiger partial charge in [-0.1, -0.05) is 0 Å². The number of nitrogens with one attached hydrogen (secondary N) is 1. The standard InChI is InChI=1S/C11H16N2O2/c12-4-1-5-13-9-2-3-10-11(8-9)15-7-6-14-10/h2-3,8,13H,1,4-7,12H2. The number of hydrogen-bond donors (Lipinski definition) is 2. The first kappa shape index (κ1) is 10.1. The fraction of sp³-hybridized carbons (Fsp3) is 0.455. The van der Waals surface area contributed by atoms with Crippen LogP contribution in [0.1, 0.15) is 6.42 Å². The summed E-state index contributed by atoms with van der Waals surface area (Å²) in [5.74, 6) is 1.64. The lowest BCUT2D eigenvalue weighted by atomic mass is 10.2. The van der Waals surface area contributed by atoms with E-state index in [1.807, 2.05) is 18.2 Å². The van der Waals surface area contributed by atoms with Gasteiger partial charge in [-0.2, -0.15) is 0 Å². The zero-order valence-electron chi connectivity index (χ0n) is 8.66. The summed E-state index contributed by atoms with van der Waals surface area (Å²) in [7, 11) is 0. The van der Waals surface area contributed by atoms with Crippen molar-refractivity contribution in [1.82, 2.24) is 0 Å². The van der Waals surface area contributed by atoms with E-state index in [1.165, 1.54) is 0 Å². The fourth-order valence-electron chi connectivity index (χ4n) is 1.49. The molecule has 0 aliphatic carbocycles. The Balaban J connectivity index is 2.00. The minimum absolute atomic E-state index is 0.624. The Hall–Kier alpha value is -1.42. The molecule has 1 aromatic carbocycles. The monoisotopic (exact) mass is 208 g/mol. The molecule has 4 heteroatoms. The molecule has 2 rings (SSSR count). The number of ether oxygens (including phenoxy) is 2. The second-order valence-electron chi connectivity index (χ2n) is 3.43. The van der Waals surface area contributed by atoms with Gasteiger partial charge in [-0.15, -0.1) is 0 Å². The third kappa shape index (κ3) is 2.53. The predicted molar refractivity (Wildman–Crippen MR) is 59.6 cm³/mol. The lowest BCUT2D eigenvalue weighted by Gasteiger charge is -2.19. The molecule has 15 heavy (non-hydrogen) atoms. The molecule has 3 N–H and O–H groups in total. The van der Waals surface area contributed by atoms with Crippen LogP contribution in [0.5, 0.6) is 11.5 Å². The summed E-state index contributed by atoms with van der Waals surface area (Å²) in [4.78, 5) is 0. The van der Waals surface area contributed by atoms with Crippen LogP contribution in [0.15, 0.2) is 18.2 Å². The average Bonchev–Trinajstić information content (AvgIpc) is 2.29. The van der Waals surface area contributed by atoms with Gasteiger partial charge in [0.15, 0.2) is 11.5 Å². The molecule has 1 aliphatic heterocycles. The Morgan fingerprint density at radius 3 is 2.80 bits per heavy atom. The van der Waals surface area contributed by atoms with Crippen molar-refractivity contribution in [1.29, 1.82) is 0 Å². The highest BCUT2D eigenvalue weighted by Crippen LogP contribution is 2.32. The quantitative estimate of drug-likeness (QED) is 0.730. The van der Waals surface area contributed by atoms with Crippen LogP contribution in [0.25, 0.3) is 0 Å². The van der Waals surface area contributed by atoms with Crippen LogP contribution in [0.4, 0.5) is 5.69 Å². The molecule has 1 aliphatic rings. The molecule has 4 nitrogen and oxygen atoms in total. The van der Waals surface area contributed by atoms with Crippen LogP contribution in [-0.4, -0.2) is 26.3 Å². The molecule has 0 saturated heterocycles. The molecule has 1 heterocycles. The molecule has 82 valence electrons. The normalized spacial score (nSPS) is 13.7. The van der Waals surface area contributed by atoms with Crippen molar-refractivity contribution in [3.63, 3.8) is 0 Å². The number of fused-ring (bicyclic) bond motifs is 1. The molecule has 0 unspecified atom stereocenters. The van der Waals surface area contributed by atoms with Gasteiger partial charge in [0.05, 0.1) is 0 Å². The van der Waals surface area contributed by atoms with Gasteiger partial charge in [0.1, 0.15) is 13.2 Å². The summed E-state index contributed by atoms with van der Waals surface area (Å²) in [6.45, 7) is 2.85. The van der Waals surface area contributed by atoms with Crippen LogP contribution in [0.3, 0.4) is 0 Å². The van der Waals surface area contributed by atoms with Crippen LogP contribution in [0, 0.1) is 0 Å². The number of hydrogen-bond acceptors (Lipinski definition) is 4. The van der Waals surface area contributed by atoms with Gasteiger partial charge in [-0.25, -0.2) is 0 Å².